The minimum Gasteiger partial charge on any atom is -0.496 e. The smallest absolute Gasteiger partial charge is 0.240 e. The topological polar surface area (TPSA) is 88.5 Å². The first-order chi connectivity index (χ1) is 9.96. The molecule has 0 aliphatic carbocycles. The molecule has 0 radical (unpaired) electrons. The van der Waals surface area contributed by atoms with Crippen molar-refractivity contribution in [1.29, 1.82) is 0 Å². The number of nitrogens with one attached hydrogen (secondary N) is 1. The van der Waals surface area contributed by atoms with Gasteiger partial charge < -0.3 is 9.84 Å². The minimum atomic E-state index is -3.64. The van der Waals surface area contributed by atoms with E-state index in [1.54, 1.807) is 6.20 Å². The van der Waals surface area contributed by atoms with Crippen molar-refractivity contribution in [2.45, 2.75) is 25.0 Å². The summed E-state index contributed by atoms with van der Waals surface area (Å²) >= 11 is 1.44. The normalized spacial score (nSPS) is 11.6. The minimum absolute atomic E-state index is 0.0913. The van der Waals surface area contributed by atoms with E-state index < -0.39 is 10.0 Å². The van der Waals surface area contributed by atoms with Crippen molar-refractivity contribution >= 4 is 21.4 Å². The highest BCUT2D eigenvalue weighted by Gasteiger charge is 2.16. The largest absolute Gasteiger partial charge is 0.496 e. The molecule has 2 rings (SSSR count). The molecule has 0 amide bonds. The molecule has 2 N–H and O–H groups in total. The van der Waals surface area contributed by atoms with E-state index in [9.17, 15) is 13.5 Å². The molecular formula is C13H16N2O4S2. The average molecular weight is 328 g/mol. The van der Waals surface area contributed by atoms with Gasteiger partial charge in [-0.3, -0.25) is 0 Å². The Morgan fingerprint density at radius 1 is 1.43 bits per heavy atom. The molecule has 0 bridgehead atoms. The van der Waals surface area contributed by atoms with Crippen LogP contribution in [0.1, 0.15) is 15.4 Å². The standard InChI is InChI=1S/C13H16N2O4S2/c1-9-14-6-11(20-9)7-15-21(17,18)12-3-4-13(19-2)10(5-12)8-16/h3-6,15-16H,7-8H2,1-2H3. The molecule has 114 valence electrons. The Bertz CT molecular complexity index is 726. The molecule has 0 aliphatic rings. The van der Waals surface area contributed by atoms with Gasteiger partial charge in [-0.2, -0.15) is 0 Å². The lowest BCUT2D eigenvalue weighted by atomic mass is 10.2. The van der Waals surface area contributed by atoms with Crippen molar-refractivity contribution in [3.8, 4) is 5.75 Å². The van der Waals surface area contributed by atoms with Crippen molar-refractivity contribution in [2.75, 3.05) is 7.11 Å². The van der Waals surface area contributed by atoms with Gasteiger partial charge in [0.25, 0.3) is 0 Å². The second-order valence-corrected chi connectivity index (χ2v) is 7.39. The summed E-state index contributed by atoms with van der Waals surface area (Å²) in [6.07, 6.45) is 1.65. The number of benzene rings is 1. The van der Waals surface area contributed by atoms with Crippen molar-refractivity contribution in [3.05, 3.63) is 39.8 Å². The van der Waals surface area contributed by atoms with Gasteiger partial charge in [0.05, 0.1) is 23.6 Å². The summed E-state index contributed by atoms with van der Waals surface area (Å²) in [6.45, 7) is 1.76. The van der Waals surface area contributed by atoms with Crippen molar-refractivity contribution < 1.29 is 18.3 Å². The van der Waals surface area contributed by atoms with Crippen LogP contribution >= 0.6 is 11.3 Å². The number of thiazole rings is 1. The summed E-state index contributed by atoms with van der Waals surface area (Å²) in [4.78, 5) is 5.01. The van der Waals surface area contributed by atoms with Crippen LogP contribution in [0.25, 0.3) is 0 Å². The van der Waals surface area contributed by atoms with Gasteiger partial charge in [0.1, 0.15) is 5.75 Å². The van der Waals surface area contributed by atoms with Crippen LogP contribution in [0, 0.1) is 6.92 Å². The van der Waals surface area contributed by atoms with Gasteiger partial charge in [-0.25, -0.2) is 18.1 Å². The lowest BCUT2D eigenvalue weighted by molar-refractivity contribution is 0.273. The molecule has 0 fully saturated rings. The SMILES string of the molecule is COc1ccc(S(=O)(=O)NCc2cnc(C)s2)cc1CO. The number of hydrogen-bond acceptors (Lipinski definition) is 6. The lowest BCUT2D eigenvalue weighted by Crippen LogP contribution is -2.23. The molecule has 0 aliphatic heterocycles. The second kappa shape index (κ2) is 6.52. The van der Waals surface area contributed by atoms with E-state index in [0.29, 0.717) is 11.3 Å². The maximum absolute atomic E-state index is 12.2. The number of sulfonamides is 1. The number of nitrogens with zero attached hydrogens (tertiary/aromatic N) is 1. The van der Waals surface area contributed by atoms with Gasteiger partial charge in [-0.05, 0) is 25.1 Å². The maximum Gasteiger partial charge on any atom is 0.240 e. The molecule has 0 spiro atoms. The molecule has 21 heavy (non-hydrogen) atoms. The summed E-state index contributed by atoms with van der Waals surface area (Å²) in [5, 5.41) is 10.1. The zero-order valence-corrected chi connectivity index (χ0v) is 13.3. The van der Waals surface area contributed by atoms with Gasteiger partial charge in [0.2, 0.25) is 10.0 Å². The predicted octanol–water partition coefficient (Wildman–Crippen LogP) is 1.43. The highest BCUT2D eigenvalue weighted by atomic mass is 32.2. The highest BCUT2D eigenvalue weighted by Crippen LogP contribution is 2.22. The molecule has 8 heteroatoms. The molecule has 0 unspecified atom stereocenters. The van der Waals surface area contributed by atoms with Crippen molar-refractivity contribution in [1.82, 2.24) is 9.71 Å². The van der Waals surface area contributed by atoms with E-state index in [0.717, 1.165) is 9.88 Å². The fourth-order valence-electron chi connectivity index (χ4n) is 1.78. The van der Waals surface area contributed by atoms with Crippen LogP contribution in [-0.2, 0) is 23.2 Å². The predicted molar refractivity (Wildman–Crippen MR) is 79.8 cm³/mol. The maximum atomic E-state index is 12.2. The quantitative estimate of drug-likeness (QED) is 0.837. The monoisotopic (exact) mass is 328 g/mol. The Morgan fingerprint density at radius 2 is 2.19 bits per heavy atom. The van der Waals surface area contributed by atoms with Crippen LogP contribution in [0.3, 0.4) is 0 Å². The third kappa shape index (κ3) is 3.79. The molecule has 0 saturated heterocycles. The first-order valence-electron chi connectivity index (χ1n) is 6.15. The van der Waals surface area contributed by atoms with Gasteiger partial charge in [-0.15, -0.1) is 11.3 Å². The van der Waals surface area contributed by atoms with Gasteiger partial charge in [-0.1, -0.05) is 0 Å². The summed E-state index contributed by atoms with van der Waals surface area (Å²) in [5.74, 6) is 0.453. The van der Waals surface area contributed by atoms with E-state index >= 15 is 0 Å². The number of aliphatic hydroxyl groups excluding tert-OH is 1. The molecule has 1 heterocycles. The number of methoxy groups -OCH3 is 1. The Hall–Kier alpha value is -1.48. The molecule has 1 aromatic heterocycles. The van der Waals surface area contributed by atoms with Gasteiger partial charge >= 0.3 is 0 Å². The molecule has 0 saturated carbocycles. The fourth-order valence-corrected chi connectivity index (χ4v) is 3.66. The van der Waals surface area contributed by atoms with E-state index in [4.69, 9.17) is 4.74 Å². The summed E-state index contributed by atoms with van der Waals surface area (Å²) in [5.41, 5.74) is 0.425. The summed E-state index contributed by atoms with van der Waals surface area (Å²) in [7, 11) is -2.18. The van der Waals surface area contributed by atoms with Crippen LogP contribution in [-0.4, -0.2) is 25.6 Å². The average Bonchev–Trinajstić information content (AvgIpc) is 2.90. The third-order valence-electron chi connectivity index (χ3n) is 2.84. The van der Waals surface area contributed by atoms with E-state index in [1.807, 2.05) is 6.92 Å². The summed E-state index contributed by atoms with van der Waals surface area (Å²) in [6, 6.07) is 4.37. The molecule has 6 nitrogen and oxygen atoms in total. The number of aryl methyl sites for hydroxylation is 1. The van der Waals surface area contributed by atoms with Crippen LogP contribution in [0.2, 0.25) is 0 Å². The first kappa shape index (κ1) is 15.9. The molecule has 1 aromatic carbocycles. The first-order valence-corrected chi connectivity index (χ1v) is 8.45. The fraction of sp³-hybridized carbons (Fsp3) is 0.308. The lowest BCUT2D eigenvalue weighted by Gasteiger charge is -2.10. The number of rotatable bonds is 6. The Kier molecular flexibility index (Phi) is 4.94. The van der Waals surface area contributed by atoms with Gasteiger partial charge in [0.15, 0.2) is 0 Å². The zero-order valence-electron chi connectivity index (χ0n) is 11.7. The molecule has 0 atom stereocenters. The Labute approximate surface area is 127 Å². The molecule has 2 aromatic rings. The Balaban J connectivity index is 2.19. The molecular weight excluding hydrogens is 312 g/mol. The number of ether oxygens (including phenoxy) is 1. The van der Waals surface area contributed by atoms with Crippen LogP contribution in [0.4, 0.5) is 0 Å². The number of aliphatic hydroxyl groups is 1. The van der Waals surface area contributed by atoms with Gasteiger partial charge in [0, 0.05) is 23.2 Å². The summed E-state index contributed by atoms with van der Waals surface area (Å²) < 4.78 is 32.0. The van der Waals surface area contributed by atoms with Crippen molar-refractivity contribution in [3.63, 3.8) is 0 Å². The zero-order chi connectivity index (χ0) is 15.5. The highest BCUT2D eigenvalue weighted by molar-refractivity contribution is 7.89. The number of hydrogen-bond donors (Lipinski definition) is 2. The third-order valence-corrected chi connectivity index (χ3v) is 5.15. The Morgan fingerprint density at radius 3 is 2.76 bits per heavy atom. The van der Waals surface area contributed by atoms with E-state index in [1.165, 1.54) is 36.6 Å². The van der Waals surface area contributed by atoms with Crippen LogP contribution in [0.15, 0.2) is 29.3 Å². The number of aromatic nitrogens is 1. The van der Waals surface area contributed by atoms with E-state index in [2.05, 4.69) is 9.71 Å². The van der Waals surface area contributed by atoms with Crippen molar-refractivity contribution in [2.24, 2.45) is 0 Å². The van der Waals surface area contributed by atoms with Crippen LogP contribution < -0.4 is 9.46 Å². The van der Waals surface area contributed by atoms with E-state index in [-0.39, 0.29) is 18.0 Å². The van der Waals surface area contributed by atoms with Crippen LogP contribution in [0.5, 0.6) is 5.75 Å². The second-order valence-electron chi connectivity index (χ2n) is 4.30.